The zero-order valence-electron chi connectivity index (χ0n) is 14.6. The summed E-state index contributed by atoms with van der Waals surface area (Å²) < 4.78 is 5.49. The number of carbonyl (C=O) groups excluding carboxylic acids is 1. The first-order chi connectivity index (χ1) is 11.3. The van der Waals surface area contributed by atoms with E-state index in [2.05, 4.69) is 13.8 Å². The fourth-order valence-corrected chi connectivity index (χ4v) is 6.33. The minimum atomic E-state index is -0.897. The highest BCUT2D eigenvalue weighted by Gasteiger charge is 2.63. The van der Waals surface area contributed by atoms with Gasteiger partial charge in [-0.2, -0.15) is 0 Å². The number of ketones is 1. The van der Waals surface area contributed by atoms with Crippen molar-refractivity contribution in [3.05, 3.63) is 35.5 Å². The van der Waals surface area contributed by atoms with Crippen molar-refractivity contribution in [3.8, 4) is 0 Å². The number of furan rings is 1. The number of rotatable bonds is 1. The van der Waals surface area contributed by atoms with Gasteiger partial charge in [0.2, 0.25) is 5.78 Å². The fraction of sp³-hybridized carbons (Fsp3) is 0.650. The number of aliphatic hydroxyl groups is 2. The predicted molar refractivity (Wildman–Crippen MR) is 89.6 cm³/mol. The van der Waals surface area contributed by atoms with Crippen molar-refractivity contribution in [1.82, 2.24) is 0 Å². The third-order valence-electron chi connectivity index (χ3n) is 7.58. The second kappa shape index (κ2) is 4.75. The molecule has 0 saturated heterocycles. The van der Waals surface area contributed by atoms with Gasteiger partial charge in [-0.05, 0) is 72.5 Å². The SMILES string of the molecule is C[C@]12C=C(O)C(=O)[C@](C)(CO)[C@@H]1CC[C@@]1(C)c3cocc3CC[C@H]21. The molecule has 1 fully saturated rings. The summed E-state index contributed by atoms with van der Waals surface area (Å²) in [5.74, 6) is -0.122. The molecule has 4 rings (SSSR count). The van der Waals surface area contributed by atoms with Crippen LogP contribution in [0, 0.1) is 22.7 Å². The smallest absolute Gasteiger partial charge is 0.205 e. The van der Waals surface area contributed by atoms with Crippen LogP contribution in [0.1, 0.15) is 51.2 Å². The Kier molecular flexibility index (Phi) is 3.16. The normalized spacial score (nSPS) is 44.3. The molecule has 1 saturated carbocycles. The number of hydrogen-bond acceptors (Lipinski definition) is 4. The Morgan fingerprint density at radius 1 is 1.21 bits per heavy atom. The van der Waals surface area contributed by atoms with Gasteiger partial charge in [-0.25, -0.2) is 0 Å². The van der Waals surface area contributed by atoms with Crippen LogP contribution in [0.5, 0.6) is 0 Å². The standard InChI is InChI=1S/C20H26O4/c1-18-7-6-16-19(2,8-14(22)17(23)20(16,3)11-21)15(18)5-4-12-9-24-10-13(12)18/h8-10,15-16,21-22H,4-7,11H2,1-3H3/t15-,16+,18-,19+,20+/m0/s1. The van der Waals surface area contributed by atoms with E-state index in [1.54, 1.807) is 6.08 Å². The monoisotopic (exact) mass is 330 g/mol. The van der Waals surface area contributed by atoms with Crippen LogP contribution in [0.15, 0.2) is 28.8 Å². The number of carbonyl (C=O) groups is 1. The third-order valence-corrected chi connectivity index (χ3v) is 7.58. The van der Waals surface area contributed by atoms with E-state index < -0.39 is 5.41 Å². The molecule has 5 atom stereocenters. The highest BCUT2D eigenvalue weighted by molar-refractivity contribution is 5.99. The van der Waals surface area contributed by atoms with Crippen molar-refractivity contribution < 1.29 is 19.4 Å². The average Bonchev–Trinajstić information content (AvgIpc) is 3.02. The molecule has 130 valence electrons. The van der Waals surface area contributed by atoms with Crippen LogP contribution < -0.4 is 0 Å². The number of aliphatic hydroxyl groups excluding tert-OH is 2. The third kappa shape index (κ3) is 1.70. The number of fused-ring (bicyclic) bond motifs is 5. The number of allylic oxidation sites excluding steroid dienone is 2. The van der Waals surface area contributed by atoms with Gasteiger partial charge in [-0.1, -0.05) is 13.8 Å². The molecule has 0 spiro atoms. The van der Waals surface area contributed by atoms with Crippen LogP contribution >= 0.6 is 0 Å². The first-order valence-electron chi connectivity index (χ1n) is 8.90. The molecule has 0 bridgehead atoms. The molecule has 2 N–H and O–H groups in total. The van der Waals surface area contributed by atoms with Crippen LogP contribution in [-0.4, -0.2) is 22.6 Å². The van der Waals surface area contributed by atoms with E-state index in [1.807, 2.05) is 19.5 Å². The second-order valence-corrected chi connectivity index (χ2v) is 8.71. The lowest BCUT2D eigenvalue weighted by Crippen LogP contribution is -2.60. The largest absolute Gasteiger partial charge is 0.505 e. The lowest BCUT2D eigenvalue weighted by molar-refractivity contribution is -0.147. The van der Waals surface area contributed by atoms with Gasteiger partial charge in [0, 0.05) is 0 Å². The van der Waals surface area contributed by atoms with E-state index >= 15 is 0 Å². The molecular formula is C20H26O4. The maximum absolute atomic E-state index is 12.6. The highest BCUT2D eigenvalue weighted by Crippen LogP contribution is 2.65. The van der Waals surface area contributed by atoms with E-state index in [1.165, 1.54) is 11.1 Å². The summed E-state index contributed by atoms with van der Waals surface area (Å²) in [5, 5.41) is 20.4. The molecule has 0 unspecified atom stereocenters. The summed E-state index contributed by atoms with van der Waals surface area (Å²) in [5.41, 5.74) is 1.36. The van der Waals surface area contributed by atoms with Gasteiger partial charge in [0.05, 0.1) is 24.5 Å². The molecule has 1 aromatic heterocycles. The maximum atomic E-state index is 12.6. The van der Waals surface area contributed by atoms with Gasteiger partial charge in [0.25, 0.3) is 0 Å². The van der Waals surface area contributed by atoms with E-state index in [9.17, 15) is 15.0 Å². The van der Waals surface area contributed by atoms with Crippen molar-refractivity contribution in [1.29, 1.82) is 0 Å². The van der Waals surface area contributed by atoms with E-state index in [4.69, 9.17) is 4.42 Å². The second-order valence-electron chi connectivity index (χ2n) is 8.71. The van der Waals surface area contributed by atoms with Gasteiger partial charge in [0.15, 0.2) is 5.76 Å². The topological polar surface area (TPSA) is 70.7 Å². The first-order valence-corrected chi connectivity index (χ1v) is 8.90. The van der Waals surface area contributed by atoms with E-state index in [-0.39, 0.29) is 34.9 Å². The molecule has 0 aliphatic heterocycles. The molecule has 4 nitrogen and oxygen atoms in total. The molecule has 0 radical (unpaired) electrons. The summed E-state index contributed by atoms with van der Waals surface area (Å²) in [6.07, 6.45) is 9.35. The van der Waals surface area contributed by atoms with Crippen molar-refractivity contribution in [2.24, 2.45) is 22.7 Å². The minimum Gasteiger partial charge on any atom is -0.505 e. The zero-order chi connectivity index (χ0) is 17.3. The Bertz CT molecular complexity index is 732. The summed E-state index contributed by atoms with van der Waals surface area (Å²) in [4.78, 5) is 12.6. The Morgan fingerprint density at radius 2 is 1.96 bits per heavy atom. The van der Waals surface area contributed by atoms with Crippen molar-refractivity contribution >= 4 is 5.78 Å². The fourth-order valence-electron chi connectivity index (χ4n) is 6.33. The molecule has 3 aliphatic rings. The average molecular weight is 330 g/mol. The van der Waals surface area contributed by atoms with Crippen molar-refractivity contribution in [2.75, 3.05) is 6.61 Å². The van der Waals surface area contributed by atoms with Gasteiger partial charge in [-0.15, -0.1) is 0 Å². The minimum absolute atomic E-state index is 0.0145. The van der Waals surface area contributed by atoms with Crippen LogP contribution in [0.2, 0.25) is 0 Å². The summed E-state index contributed by atoms with van der Waals surface area (Å²) in [6.45, 7) is 6.06. The molecule has 3 aliphatic carbocycles. The lowest BCUT2D eigenvalue weighted by atomic mass is 9.42. The van der Waals surface area contributed by atoms with Gasteiger partial charge >= 0.3 is 0 Å². The Balaban J connectivity index is 1.88. The van der Waals surface area contributed by atoms with Crippen LogP contribution in [-0.2, 0) is 16.6 Å². The van der Waals surface area contributed by atoms with Crippen LogP contribution in [0.3, 0.4) is 0 Å². The number of Topliss-reactive ketones (excluding diaryl/α,β-unsaturated/α-hetero) is 1. The predicted octanol–water partition coefficient (Wildman–Crippen LogP) is 3.54. The van der Waals surface area contributed by atoms with Crippen molar-refractivity contribution in [3.63, 3.8) is 0 Å². The Morgan fingerprint density at radius 3 is 2.67 bits per heavy atom. The van der Waals surface area contributed by atoms with Crippen LogP contribution in [0.25, 0.3) is 0 Å². The molecule has 24 heavy (non-hydrogen) atoms. The van der Waals surface area contributed by atoms with E-state index in [0.29, 0.717) is 5.92 Å². The molecule has 0 aromatic carbocycles. The molecule has 4 heteroatoms. The van der Waals surface area contributed by atoms with Gasteiger partial charge < -0.3 is 14.6 Å². The van der Waals surface area contributed by atoms with Crippen molar-refractivity contribution in [2.45, 2.75) is 51.9 Å². The van der Waals surface area contributed by atoms with Gasteiger partial charge in [0.1, 0.15) is 0 Å². The quantitative estimate of drug-likeness (QED) is 0.826. The first kappa shape index (κ1) is 15.9. The molecule has 1 heterocycles. The molecule has 0 amide bonds. The number of aryl methyl sites for hydroxylation is 1. The Hall–Kier alpha value is -1.55. The van der Waals surface area contributed by atoms with Crippen LogP contribution in [0.4, 0.5) is 0 Å². The zero-order valence-corrected chi connectivity index (χ0v) is 14.6. The summed E-state index contributed by atoms with van der Waals surface area (Å²) >= 11 is 0. The van der Waals surface area contributed by atoms with Gasteiger partial charge in [-0.3, -0.25) is 4.79 Å². The summed E-state index contributed by atoms with van der Waals surface area (Å²) in [7, 11) is 0. The molecule has 1 aromatic rings. The summed E-state index contributed by atoms with van der Waals surface area (Å²) in [6, 6.07) is 0. The maximum Gasteiger partial charge on any atom is 0.205 e. The Labute approximate surface area is 142 Å². The lowest BCUT2D eigenvalue weighted by Gasteiger charge is -2.61. The highest BCUT2D eigenvalue weighted by atomic mass is 16.3. The number of hydrogen-bond donors (Lipinski definition) is 2. The van der Waals surface area contributed by atoms with E-state index in [0.717, 1.165) is 25.7 Å². The molecular weight excluding hydrogens is 304 g/mol.